The normalized spacial score (nSPS) is 31.7. The SMILES string of the molecule is CO[C@H]1C=CO[C@@]2(C)Oc3c(C)c(O)c4c(O)c(c(CNN5CCN(C)CC5)c(O)c4c3C2=O)NC(=O)/C(C)=C\C=C/[C@H](C)[C@H](O)[C@@H](C)[C@@H](O)[C@@H](C)[C@H](OC(C)=O)[C@@H]1C. The number of Topliss-reactive ketones (excluding diaryl/α,β-unsaturated/α-hetero) is 1. The predicted octanol–water partition coefficient (Wildman–Crippen LogP) is 4.01. The Morgan fingerprint density at radius 1 is 0.949 bits per heavy atom. The van der Waals surface area contributed by atoms with Gasteiger partial charge in [0.05, 0.1) is 41.2 Å². The van der Waals surface area contributed by atoms with Gasteiger partial charge in [0.25, 0.3) is 11.7 Å². The Morgan fingerprint density at radius 3 is 2.24 bits per heavy atom. The van der Waals surface area contributed by atoms with Crippen molar-refractivity contribution in [1.82, 2.24) is 15.3 Å². The molecule has 4 heterocycles. The first-order valence-corrected chi connectivity index (χ1v) is 20.0. The molecule has 1 saturated heterocycles. The van der Waals surface area contributed by atoms with Gasteiger partial charge in [-0.1, -0.05) is 45.9 Å². The molecule has 0 aromatic heterocycles. The van der Waals surface area contributed by atoms with Gasteiger partial charge in [0.1, 0.15) is 23.4 Å². The van der Waals surface area contributed by atoms with Gasteiger partial charge >= 0.3 is 11.8 Å². The molecule has 0 aliphatic carbocycles. The van der Waals surface area contributed by atoms with E-state index in [0.29, 0.717) is 13.1 Å². The molecule has 0 radical (unpaired) electrons. The van der Waals surface area contributed by atoms with Gasteiger partial charge in [-0.15, -0.1) is 0 Å². The Balaban J connectivity index is 1.68. The van der Waals surface area contributed by atoms with Crippen LogP contribution in [0.2, 0.25) is 0 Å². The van der Waals surface area contributed by atoms with Crippen LogP contribution in [-0.2, 0) is 30.3 Å². The summed E-state index contributed by atoms with van der Waals surface area (Å²) < 4.78 is 23.6. The third-order valence-electron chi connectivity index (χ3n) is 12.1. The van der Waals surface area contributed by atoms with Crippen LogP contribution < -0.4 is 15.5 Å². The fraction of sp³-hybridized carbons (Fsp3) is 0.558. The number of ether oxygens (including phenoxy) is 4. The first kappa shape index (κ1) is 45.4. The maximum Gasteiger partial charge on any atom is 0.312 e. The lowest BCUT2D eigenvalue weighted by Crippen LogP contribution is -2.50. The van der Waals surface area contributed by atoms with Crippen molar-refractivity contribution in [3.05, 3.63) is 52.8 Å². The summed E-state index contributed by atoms with van der Waals surface area (Å²) in [5.74, 6) is -8.05. The molecule has 4 aliphatic rings. The first-order chi connectivity index (χ1) is 27.7. The lowest BCUT2D eigenvalue weighted by atomic mass is 9.78. The summed E-state index contributed by atoms with van der Waals surface area (Å²) in [6, 6.07) is 0. The summed E-state index contributed by atoms with van der Waals surface area (Å²) >= 11 is 0. The summed E-state index contributed by atoms with van der Waals surface area (Å²) in [5, 5.41) is 62.7. The van der Waals surface area contributed by atoms with Crippen molar-refractivity contribution < 1.29 is 58.9 Å². The zero-order valence-electron chi connectivity index (χ0n) is 35.5. The number of aliphatic hydroxyl groups excluding tert-OH is 2. The number of benzene rings is 2. The average Bonchev–Trinajstić information content (AvgIpc) is 3.46. The number of allylic oxidation sites excluding steroid dienone is 2. The van der Waals surface area contributed by atoms with Crippen molar-refractivity contribution in [3.63, 3.8) is 0 Å². The zero-order valence-corrected chi connectivity index (χ0v) is 35.5. The number of hydrogen-bond acceptors (Lipinski definition) is 15. The summed E-state index contributed by atoms with van der Waals surface area (Å²) in [6.07, 6.45) is 3.66. The van der Waals surface area contributed by atoms with Crippen LogP contribution in [-0.4, -0.2) is 124 Å². The molecule has 16 heteroatoms. The van der Waals surface area contributed by atoms with Crippen LogP contribution in [0.3, 0.4) is 0 Å². The van der Waals surface area contributed by atoms with E-state index >= 15 is 0 Å². The number of rotatable bonds is 5. The predicted molar refractivity (Wildman–Crippen MR) is 220 cm³/mol. The molecule has 1 fully saturated rings. The average molecular weight is 825 g/mol. The van der Waals surface area contributed by atoms with Gasteiger partial charge in [-0.2, -0.15) is 0 Å². The van der Waals surface area contributed by atoms with Crippen LogP contribution in [0, 0.1) is 30.6 Å². The van der Waals surface area contributed by atoms with Crippen molar-refractivity contribution in [2.45, 2.75) is 92.1 Å². The van der Waals surface area contributed by atoms with Crippen molar-refractivity contribution in [2.75, 3.05) is 45.7 Å². The molecule has 324 valence electrons. The van der Waals surface area contributed by atoms with Crippen LogP contribution in [0.25, 0.3) is 10.8 Å². The van der Waals surface area contributed by atoms with Gasteiger partial charge < -0.3 is 54.7 Å². The highest BCUT2D eigenvalue weighted by molar-refractivity contribution is 6.22. The number of fused-ring (bicyclic) bond motifs is 14. The number of ketones is 1. The van der Waals surface area contributed by atoms with Gasteiger partial charge in [-0.25, -0.2) is 5.01 Å². The number of nitrogens with zero attached hydrogens (tertiary/aromatic N) is 2. The van der Waals surface area contributed by atoms with E-state index in [4.69, 9.17) is 18.9 Å². The van der Waals surface area contributed by atoms with E-state index in [1.807, 2.05) is 12.1 Å². The van der Waals surface area contributed by atoms with E-state index in [-0.39, 0.29) is 51.0 Å². The second kappa shape index (κ2) is 18.3. The Kier molecular flexibility index (Phi) is 14.1. The van der Waals surface area contributed by atoms with Gasteiger partial charge in [0.15, 0.2) is 5.75 Å². The van der Waals surface area contributed by atoms with E-state index < -0.39 is 88.8 Å². The third-order valence-corrected chi connectivity index (χ3v) is 12.1. The summed E-state index contributed by atoms with van der Waals surface area (Å²) in [5.41, 5.74) is 3.26. The number of carbonyl (C=O) groups excluding carboxylic acids is 3. The van der Waals surface area contributed by atoms with E-state index in [1.54, 1.807) is 46.8 Å². The van der Waals surface area contributed by atoms with E-state index in [9.17, 15) is 39.9 Å². The van der Waals surface area contributed by atoms with Crippen LogP contribution in [0.15, 0.2) is 36.1 Å². The number of carbonyl (C=O) groups is 3. The van der Waals surface area contributed by atoms with Gasteiger partial charge in [0.2, 0.25) is 0 Å². The molecule has 9 atom stereocenters. The number of phenols is 3. The number of esters is 1. The van der Waals surface area contributed by atoms with E-state index in [1.165, 1.54) is 46.3 Å². The molecule has 0 saturated carbocycles. The minimum absolute atomic E-state index is 0.0468. The molecule has 2 aromatic carbocycles. The summed E-state index contributed by atoms with van der Waals surface area (Å²) in [6.45, 7) is 15.4. The number of amides is 1. The molecule has 59 heavy (non-hydrogen) atoms. The molecule has 2 aromatic rings. The summed E-state index contributed by atoms with van der Waals surface area (Å²) in [4.78, 5) is 42.7. The molecular weight excluding hydrogens is 764 g/mol. The number of anilines is 1. The van der Waals surface area contributed by atoms with Crippen LogP contribution in [0.4, 0.5) is 5.69 Å². The van der Waals surface area contributed by atoms with Gasteiger partial charge in [-0.3, -0.25) is 19.8 Å². The molecule has 5 bridgehead atoms. The van der Waals surface area contributed by atoms with Gasteiger partial charge in [0, 0.05) is 99.4 Å². The first-order valence-electron chi connectivity index (χ1n) is 20.0. The lowest BCUT2D eigenvalue weighted by molar-refractivity contribution is -0.160. The second-order valence-electron chi connectivity index (χ2n) is 16.3. The van der Waals surface area contributed by atoms with Crippen LogP contribution in [0.5, 0.6) is 23.0 Å². The Bertz CT molecular complexity index is 2020. The number of aliphatic hydroxyl groups is 2. The van der Waals surface area contributed by atoms with Crippen molar-refractivity contribution in [2.24, 2.45) is 23.7 Å². The highest BCUT2D eigenvalue weighted by Gasteiger charge is 2.50. The smallest absolute Gasteiger partial charge is 0.312 e. The number of hydrazine groups is 1. The number of piperazine rings is 1. The zero-order chi connectivity index (χ0) is 43.7. The van der Waals surface area contributed by atoms with Crippen molar-refractivity contribution >= 4 is 34.1 Å². The number of likely N-dealkylation sites (N-methyl/N-ethyl adjacent to an activating group) is 1. The van der Waals surface area contributed by atoms with Crippen LogP contribution >= 0.6 is 0 Å². The van der Waals surface area contributed by atoms with E-state index in [2.05, 4.69) is 15.6 Å². The Hall–Kier alpha value is -4.71. The topological polar surface area (TPSA) is 220 Å². The molecular formula is C43H60N4O12. The molecule has 6 rings (SSSR count). The molecule has 1 amide bonds. The quantitative estimate of drug-likeness (QED) is 0.129. The molecule has 7 N–H and O–H groups in total. The number of nitrogens with one attached hydrogen (secondary N) is 2. The standard InChI is InChI=1S/C43H60N4O12/c1-21-12-11-13-22(2)42(55)45-33-28(20-44-47-17-15-46(9)16-18-47)37(52)30-31(38(33)53)36(51)26(6)40-32(30)41(54)43(8,59-40)57-19-14-29(56-10)23(3)39(58-27(7)48)25(5)35(50)24(4)34(21)49/h11-14,19,21,23-25,29,34-35,39,44,49-53H,15-18,20H2,1-10H3,(H,45,55)/b12-11-,19-14?,22-13-/t21-,23+,24+,25+,29-,34-,35+,39+,43-/m0/s1. The van der Waals surface area contributed by atoms with Crippen molar-refractivity contribution in [1.29, 1.82) is 0 Å². The maximum atomic E-state index is 14.4. The summed E-state index contributed by atoms with van der Waals surface area (Å²) in [7, 11) is 3.45. The van der Waals surface area contributed by atoms with Gasteiger partial charge in [-0.05, 0) is 27.0 Å². The minimum atomic E-state index is -2.02. The Morgan fingerprint density at radius 2 is 1.61 bits per heavy atom. The lowest BCUT2D eigenvalue weighted by Gasteiger charge is -2.38. The number of aromatic hydroxyl groups is 3. The number of phenolic OH excluding ortho intramolecular Hbond substituents is 3. The highest BCUT2D eigenvalue weighted by atomic mass is 16.7. The fourth-order valence-electron chi connectivity index (χ4n) is 8.11. The second-order valence-corrected chi connectivity index (χ2v) is 16.3. The third kappa shape index (κ3) is 9.07. The fourth-order valence-corrected chi connectivity index (χ4v) is 8.11. The number of methoxy groups -OCH3 is 1. The largest absolute Gasteiger partial charge is 0.507 e. The van der Waals surface area contributed by atoms with Crippen LogP contribution in [0.1, 0.15) is 70.0 Å². The monoisotopic (exact) mass is 824 g/mol. The minimum Gasteiger partial charge on any atom is -0.507 e. The molecule has 4 aliphatic heterocycles. The molecule has 0 spiro atoms. The molecule has 0 unspecified atom stereocenters. The Labute approximate surface area is 345 Å². The maximum absolute atomic E-state index is 14.4. The van der Waals surface area contributed by atoms with Crippen molar-refractivity contribution in [3.8, 4) is 23.0 Å². The number of hydrogen-bond donors (Lipinski definition) is 7. The highest BCUT2D eigenvalue weighted by Crippen LogP contribution is 2.55. The van der Waals surface area contributed by atoms with E-state index in [0.717, 1.165) is 13.1 Å². The molecule has 16 nitrogen and oxygen atoms in total.